The van der Waals surface area contributed by atoms with Gasteiger partial charge in [-0.05, 0) is 26.0 Å². The lowest BCUT2D eigenvalue weighted by Gasteiger charge is -2.00. The van der Waals surface area contributed by atoms with Gasteiger partial charge < -0.3 is 9.73 Å². The monoisotopic (exact) mass is 367 g/mol. The van der Waals surface area contributed by atoms with Gasteiger partial charge in [0, 0.05) is 5.38 Å². The molecule has 0 saturated carbocycles. The fraction of sp³-hybridized carbons (Fsp3) is 0.267. The smallest absolute Gasteiger partial charge is 0.226 e. The van der Waals surface area contributed by atoms with E-state index in [2.05, 4.69) is 15.3 Å². The molecule has 23 heavy (non-hydrogen) atoms. The third kappa shape index (κ3) is 3.99. The molecule has 0 spiro atoms. The molecule has 0 aliphatic rings. The molecule has 0 aromatic carbocycles. The molecule has 0 aliphatic heterocycles. The fourth-order valence-corrected chi connectivity index (χ4v) is 3.88. The third-order valence-electron chi connectivity index (χ3n) is 3.19. The number of oxazole rings is 1. The Balaban J connectivity index is 1.57. The summed E-state index contributed by atoms with van der Waals surface area (Å²) in [5.41, 5.74) is 1.58. The molecule has 1 amide bonds. The number of thiophene rings is 1. The predicted octanol–water partition coefficient (Wildman–Crippen LogP) is 3.99. The van der Waals surface area contributed by atoms with Gasteiger partial charge in [0.25, 0.3) is 0 Å². The number of nitrogens with one attached hydrogen (secondary N) is 1. The van der Waals surface area contributed by atoms with E-state index in [1.165, 1.54) is 22.7 Å². The number of amides is 1. The van der Waals surface area contributed by atoms with Crippen LogP contribution in [0, 0.1) is 13.8 Å². The molecule has 0 fully saturated rings. The quantitative estimate of drug-likeness (QED) is 0.740. The van der Waals surface area contributed by atoms with E-state index in [9.17, 15) is 4.79 Å². The Morgan fingerprint density at radius 2 is 2.17 bits per heavy atom. The number of rotatable bonds is 5. The standard InChI is InChI=1S/C15H14ClN3O2S2/c1-8-9(2)21-14(18-8)6-17-13(20)5-10-7-22-15(19-10)11-3-4-12(16)23-11/h3-4,7H,5-6H2,1-2H3,(H,17,20). The highest BCUT2D eigenvalue weighted by Crippen LogP contribution is 2.32. The molecule has 120 valence electrons. The van der Waals surface area contributed by atoms with Crippen LogP contribution in [0.3, 0.4) is 0 Å². The predicted molar refractivity (Wildman–Crippen MR) is 92.0 cm³/mol. The third-order valence-corrected chi connectivity index (χ3v) is 5.48. The van der Waals surface area contributed by atoms with E-state index in [1.54, 1.807) is 0 Å². The highest BCUT2D eigenvalue weighted by molar-refractivity contribution is 7.23. The van der Waals surface area contributed by atoms with Gasteiger partial charge >= 0.3 is 0 Å². The van der Waals surface area contributed by atoms with Gasteiger partial charge in [0.2, 0.25) is 11.8 Å². The molecule has 0 aliphatic carbocycles. The van der Waals surface area contributed by atoms with E-state index in [-0.39, 0.29) is 18.9 Å². The lowest BCUT2D eigenvalue weighted by molar-refractivity contribution is -0.120. The summed E-state index contributed by atoms with van der Waals surface area (Å²) in [6.45, 7) is 4.00. The van der Waals surface area contributed by atoms with Gasteiger partial charge in [0.05, 0.1) is 33.6 Å². The highest BCUT2D eigenvalue weighted by Gasteiger charge is 2.12. The molecule has 5 nitrogen and oxygen atoms in total. The zero-order chi connectivity index (χ0) is 16.4. The van der Waals surface area contributed by atoms with Crippen molar-refractivity contribution in [1.82, 2.24) is 15.3 Å². The highest BCUT2D eigenvalue weighted by atomic mass is 35.5. The van der Waals surface area contributed by atoms with Gasteiger partial charge in [-0.3, -0.25) is 4.79 Å². The molecule has 0 atom stereocenters. The molecule has 1 N–H and O–H groups in total. The molecular formula is C15H14ClN3O2S2. The van der Waals surface area contributed by atoms with E-state index in [0.29, 0.717) is 5.89 Å². The number of carbonyl (C=O) groups is 1. The maximum Gasteiger partial charge on any atom is 0.226 e. The van der Waals surface area contributed by atoms with Crippen molar-refractivity contribution in [2.75, 3.05) is 0 Å². The topological polar surface area (TPSA) is 68.0 Å². The Kier molecular flexibility index (Phi) is 4.79. The van der Waals surface area contributed by atoms with Crippen molar-refractivity contribution in [3.63, 3.8) is 0 Å². The Hall–Kier alpha value is -1.70. The molecule has 0 bridgehead atoms. The summed E-state index contributed by atoms with van der Waals surface area (Å²) in [7, 11) is 0. The molecule has 3 aromatic rings. The number of thiazole rings is 1. The summed E-state index contributed by atoms with van der Waals surface area (Å²) in [6, 6.07) is 3.78. The summed E-state index contributed by atoms with van der Waals surface area (Å²) >= 11 is 8.91. The summed E-state index contributed by atoms with van der Waals surface area (Å²) < 4.78 is 6.16. The molecule has 8 heteroatoms. The van der Waals surface area contributed by atoms with Gasteiger partial charge in [-0.2, -0.15) is 0 Å². The average molecular weight is 368 g/mol. The molecule has 0 radical (unpaired) electrons. The normalized spacial score (nSPS) is 10.9. The number of hydrogen-bond acceptors (Lipinski definition) is 6. The molecule has 3 aromatic heterocycles. The van der Waals surface area contributed by atoms with Crippen LogP contribution in [0.2, 0.25) is 4.34 Å². The van der Waals surface area contributed by atoms with E-state index in [0.717, 1.165) is 31.4 Å². The van der Waals surface area contributed by atoms with Crippen molar-refractivity contribution in [3.8, 4) is 9.88 Å². The van der Waals surface area contributed by atoms with Crippen LogP contribution in [-0.4, -0.2) is 15.9 Å². The van der Waals surface area contributed by atoms with Crippen molar-refractivity contribution in [2.45, 2.75) is 26.8 Å². The molecule has 3 heterocycles. The number of halogens is 1. The van der Waals surface area contributed by atoms with Gasteiger partial charge in [0.15, 0.2) is 0 Å². The van der Waals surface area contributed by atoms with Crippen molar-refractivity contribution >= 4 is 40.2 Å². The minimum atomic E-state index is -0.112. The second-order valence-electron chi connectivity index (χ2n) is 4.95. The van der Waals surface area contributed by atoms with Crippen molar-refractivity contribution in [2.24, 2.45) is 0 Å². The lowest BCUT2D eigenvalue weighted by atomic mass is 10.3. The molecule has 0 saturated heterocycles. The number of carbonyl (C=O) groups excluding carboxylic acids is 1. The van der Waals surface area contributed by atoms with Crippen LogP contribution in [0.5, 0.6) is 0 Å². The maximum atomic E-state index is 12.0. The number of nitrogens with zero attached hydrogens (tertiary/aromatic N) is 2. The lowest BCUT2D eigenvalue weighted by Crippen LogP contribution is -2.24. The van der Waals surface area contributed by atoms with Crippen LogP contribution in [0.15, 0.2) is 21.9 Å². The molecular weight excluding hydrogens is 354 g/mol. The Labute approximate surface area is 146 Å². The van der Waals surface area contributed by atoms with E-state index in [4.69, 9.17) is 16.0 Å². The van der Waals surface area contributed by atoms with E-state index < -0.39 is 0 Å². The van der Waals surface area contributed by atoms with Crippen molar-refractivity contribution in [1.29, 1.82) is 0 Å². The van der Waals surface area contributed by atoms with Crippen LogP contribution < -0.4 is 5.32 Å². The number of aryl methyl sites for hydroxylation is 2. The van der Waals surface area contributed by atoms with E-state index >= 15 is 0 Å². The summed E-state index contributed by atoms with van der Waals surface area (Å²) in [5.74, 6) is 1.17. The van der Waals surface area contributed by atoms with Gasteiger partial charge in [-0.1, -0.05) is 11.6 Å². The van der Waals surface area contributed by atoms with E-state index in [1.807, 2.05) is 31.4 Å². The summed E-state index contributed by atoms with van der Waals surface area (Å²) in [4.78, 5) is 21.7. The molecule has 3 rings (SSSR count). The average Bonchev–Trinajstić information content (AvgIpc) is 3.19. The van der Waals surface area contributed by atoms with Gasteiger partial charge in [-0.15, -0.1) is 22.7 Å². The zero-order valence-electron chi connectivity index (χ0n) is 12.6. The molecule has 0 unspecified atom stereocenters. The maximum absolute atomic E-state index is 12.0. The first kappa shape index (κ1) is 16.2. The first-order chi connectivity index (χ1) is 11.0. The zero-order valence-corrected chi connectivity index (χ0v) is 14.9. The van der Waals surface area contributed by atoms with Crippen LogP contribution in [0.1, 0.15) is 23.0 Å². The largest absolute Gasteiger partial charge is 0.444 e. The van der Waals surface area contributed by atoms with Crippen molar-refractivity contribution < 1.29 is 9.21 Å². The van der Waals surface area contributed by atoms with Crippen LogP contribution in [0.4, 0.5) is 0 Å². The Morgan fingerprint density at radius 3 is 2.83 bits per heavy atom. The van der Waals surface area contributed by atoms with Gasteiger partial charge in [0.1, 0.15) is 10.8 Å². The second kappa shape index (κ2) is 6.82. The number of hydrogen-bond donors (Lipinski definition) is 1. The van der Waals surface area contributed by atoms with Crippen LogP contribution in [-0.2, 0) is 17.8 Å². The summed E-state index contributed by atoms with van der Waals surface area (Å²) in [5, 5.41) is 5.56. The SMILES string of the molecule is Cc1nc(CNC(=O)Cc2csc(-c3ccc(Cl)s3)n2)oc1C. The Bertz CT molecular complexity index is 818. The van der Waals surface area contributed by atoms with Crippen LogP contribution >= 0.6 is 34.3 Å². The summed E-state index contributed by atoms with van der Waals surface area (Å²) in [6.07, 6.45) is 0.230. The van der Waals surface area contributed by atoms with Gasteiger partial charge in [-0.25, -0.2) is 9.97 Å². The second-order valence-corrected chi connectivity index (χ2v) is 7.52. The minimum Gasteiger partial charge on any atom is -0.444 e. The first-order valence-electron chi connectivity index (χ1n) is 6.91. The van der Waals surface area contributed by atoms with Crippen molar-refractivity contribution in [3.05, 3.63) is 44.9 Å². The fourth-order valence-electron chi connectivity index (χ4n) is 1.95. The minimum absolute atomic E-state index is 0.112. The number of aromatic nitrogens is 2. The Morgan fingerprint density at radius 1 is 1.35 bits per heavy atom. The first-order valence-corrected chi connectivity index (χ1v) is 8.98. The van der Waals surface area contributed by atoms with Crippen LogP contribution in [0.25, 0.3) is 9.88 Å².